The van der Waals surface area contributed by atoms with Crippen LogP contribution in [-0.4, -0.2) is 24.6 Å². The molecule has 2 rings (SSSR count). The quantitative estimate of drug-likeness (QED) is 0.739. The molecule has 0 unspecified atom stereocenters. The molecule has 0 radical (unpaired) electrons. The molecule has 0 amide bonds. The number of Topliss-reactive ketones (excluding diaryl/α,β-unsaturated/α-hetero) is 1. The highest BCUT2D eigenvalue weighted by Gasteiger charge is 2.35. The van der Waals surface area contributed by atoms with Gasteiger partial charge in [-0.25, -0.2) is 0 Å². The molecule has 0 saturated carbocycles. The summed E-state index contributed by atoms with van der Waals surface area (Å²) in [5, 5.41) is 0. The Morgan fingerprint density at radius 3 is 2.67 bits per heavy atom. The van der Waals surface area contributed by atoms with E-state index in [-0.39, 0.29) is 5.78 Å². The number of carbonyl (C=O) groups is 1. The molecule has 4 heteroatoms. The van der Waals surface area contributed by atoms with Crippen LogP contribution in [0.3, 0.4) is 0 Å². The van der Waals surface area contributed by atoms with Crippen molar-refractivity contribution < 1.29 is 14.3 Å². The van der Waals surface area contributed by atoms with Crippen LogP contribution in [0.15, 0.2) is 16.6 Å². The summed E-state index contributed by atoms with van der Waals surface area (Å²) in [4.78, 5) is 12.8. The number of rotatable bonds is 7. The van der Waals surface area contributed by atoms with E-state index in [0.29, 0.717) is 32.5 Å². The number of hydrogen-bond acceptors (Lipinski definition) is 3. The van der Waals surface area contributed by atoms with E-state index in [1.165, 1.54) is 5.56 Å². The largest absolute Gasteiger partial charge is 0.493 e. The second-order valence-corrected chi connectivity index (χ2v) is 6.30. The molecule has 1 aromatic carbocycles. The van der Waals surface area contributed by atoms with Gasteiger partial charge < -0.3 is 9.47 Å². The van der Waals surface area contributed by atoms with Crippen molar-refractivity contribution in [3.63, 3.8) is 0 Å². The standard InChI is InChI=1S/C17H23BrO3/c1-4-17(5-2,21-6-3)15(19)11-13-10-14(18)9-12-7-8-20-16(12)13/h9-10H,4-8,11H2,1-3H3. The van der Waals surface area contributed by atoms with Gasteiger partial charge in [-0.15, -0.1) is 0 Å². The molecule has 0 N–H and O–H groups in total. The number of halogens is 1. The van der Waals surface area contributed by atoms with Crippen LogP contribution >= 0.6 is 15.9 Å². The summed E-state index contributed by atoms with van der Waals surface area (Å²) in [5.41, 5.74) is 1.48. The molecule has 1 aliphatic rings. The average Bonchev–Trinajstić information content (AvgIpc) is 2.93. The molecule has 0 aromatic heterocycles. The van der Waals surface area contributed by atoms with E-state index in [4.69, 9.17) is 9.47 Å². The van der Waals surface area contributed by atoms with Crippen LogP contribution in [0.1, 0.15) is 44.7 Å². The summed E-state index contributed by atoms with van der Waals surface area (Å²) >= 11 is 3.52. The van der Waals surface area contributed by atoms with Gasteiger partial charge in [0.1, 0.15) is 11.4 Å². The van der Waals surface area contributed by atoms with E-state index in [2.05, 4.69) is 22.0 Å². The molecule has 0 bridgehead atoms. The Bertz CT molecular complexity index is 521. The van der Waals surface area contributed by atoms with Crippen LogP contribution in [-0.2, 0) is 22.4 Å². The first-order valence-corrected chi connectivity index (χ1v) is 8.47. The van der Waals surface area contributed by atoms with Crippen molar-refractivity contribution >= 4 is 21.7 Å². The highest BCUT2D eigenvalue weighted by atomic mass is 79.9. The Balaban J connectivity index is 2.27. The van der Waals surface area contributed by atoms with Gasteiger partial charge in [0.2, 0.25) is 0 Å². The maximum atomic E-state index is 12.8. The van der Waals surface area contributed by atoms with Crippen LogP contribution in [0, 0.1) is 0 Å². The lowest BCUT2D eigenvalue weighted by molar-refractivity contribution is -0.144. The number of ether oxygens (including phenoxy) is 2. The van der Waals surface area contributed by atoms with E-state index in [1.54, 1.807) is 0 Å². The number of carbonyl (C=O) groups excluding carboxylic acids is 1. The van der Waals surface area contributed by atoms with Crippen molar-refractivity contribution in [1.29, 1.82) is 0 Å². The number of ketones is 1. The number of fused-ring (bicyclic) bond motifs is 1. The molecule has 0 fully saturated rings. The lowest BCUT2D eigenvalue weighted by atomic mass is 9.87. The fraction of sp³-hybridized carbons (Fsp3) is 0.588. The van der Waals surface area contributed by atoms with E-state index in [9.17, 15) is 4.79 Å². The van der Waals surface area contributed by atoms with E-state index >= 15 is 0 Å². The zero-order chi connectivity index (χ0) is 15.5. The van der Waals surface area contributed by atoms with Crippen LogP contribution in [0.25, 0.3) is 0 Å². The maximum absolute atomic E-state index is 12.8. The smallest absolute Gasteiger partial charge is 0.169 e. The zero-order valence-electron chi connectivity index (χ0n) is 13.0. The molecule has 0 atom stereocenters. The third-order valence-electron chi connectivity index (χ3n) is 4.25. The summed E-state index contributed by atoms with van der Waals surface area (Å²) in [6.45, 7) is 7.22. The molecule has 0 aliphatic carbocycles. The minimum absolute atomic E-state index is 0.144. The van der Waals surface area contributed by atoms with Crippen molar-refractivity contribution in [3.05, 3.63) is 27.7 Å². The van der Waals surface area contributed by atoms with Gasteiger partial charge in [-0.2, -0.15) is 0 Å². The third kappa shape index (κ3) is 3.32. The third-order valence-corrected chi connectivity index (χ3v) is 4.71. The Kier molecular flexibility index (Phi) is 5.44. The lowest BCUT2D eigenvalue weighted by Crippen LogP contribution is -2.41. The van der Waals surface area contributed by atoms with Crippen LogP contribution in [0.5, 0.6) is 5.75 Å². The second-order valence-electron chi connectivity index (χ2n) is 5.39. The van der Waals surface area contributed by atoms with Gasteiger partial charge in [0.25, 0.3) is 0 Å². The van der Waals surface area contributed by atoms with Gasteiger partial charge in [0.15, 0.2) is 5.78 Å². The molecule has 3 nitrogen and oxygen atoms in total. The zero-order valence-corrected chi connectivity index (χ0v) is 14.6. The summed E-state index contributed by atoms with van der Waals surface area (Å²) in [6.07, 6.45) is 2.68. The van der Waals surface area contributed by atoms with E-state index < -0.39 is 5.60 Å². The van der Waals surface area contributed by atoms with E-state index in [0.717, 1.165) is 22.2 Å². The Hall–Kier alpha value is -0.870. The molecule has 1 aliphatic heterocycles. The van der Waals surface area contributed by atoms with Crippen LogP contribution in [0.4, 0.5) is 0 Å². The first kappa shape index (κ1) is 16.5. The van der Waals surface area contributed by atoms with Crippen molar-refractivity contribution in [2.45, 2.75) is 52.1 Å². The van der Waals surface area contributed by atoms with Gasteiger partial charge in [-0.1, -0.05) is 29.8 Å². The highest BCUT2D eigenvalue weighted by molar-refractivity contribution is 9.10. The fourth-order valence-electron chi connectivity index (χ4n) is 3.02. The molecular weight excluding hydrogens is 332 g/mol. The Labute approximate surface area is 135 Å². The second kappa shape index (κ2) is 6.93. The average molecular weight is 355 g/mol. The van der Waals surface area contributed by atoms with Crippen molar-refractivity contribution in [2.24, 2.45) is 0 Å². The summed E-state index contributed by atoms with van der Waals surface area (Å²) in [6, 6.07) is 4.07. The van der Waals surface area contributed by atoms with Crippen LogP contribution in [0.2, 0.25) is 0 Å². The van der Waals surface area contributed by atoms with Gasteiger partial charge in [-0.3, -0.25) is 4.79 Å². The first-order valence-electron chi connectivity index (χ1n) is 7.67. The molecule has 1 heterocycles. The van der Waals surface area contributed by atoms with Gasteiger partial charge in [0.05, 0.1) is 6.61 Å². The van der Waals surface area contributed by atoms with Crippen molar-refractivity contribution in [3.8, 4) is 5.75 Å². The molecule has 0 spiro atoms. The SMILES string of the molecule is CCOC(CC)(CC)C(=O)Cc1cc(Br)cc2c1OCC2. The Morgan fingerprint density at radius 1 is 1.33 bits per heavy atom. The monoisotopic (exact) mass is 354 g/mol. The summed E-state index contributed by atoms with van der Waals surface area (Å²) in [7, 11) is 0. The van der Waals surface area contributed by atoms with E-state index in [1.807, 2.05) is 26.8 Å². The van der Waals surface area contributed by atoms with Gasteiger partial charge in [-0.05, 0) is 37.5 Å². The minimum atomic E-state index is -0.664. The molecule has 116 valence electrons. The van der Waals surface area contributed by atoms with Gasteiger partial charge in [0, 0.05) is 29.5 Å². The maximum Gasteiger partial charge on any atom is 0.169 e. The molecule has 21 heavy (non-hydrogen) atoms. The number of benzene rings is 1. The topological polar surface area (TPSA) is 35.5 Å². The molecule has 1 aromatic rings. The highest BCUT2D eigenvalue weighted by Crippen LogP contribution is 2.35. The lowest BCUT2D eigenvalue weighted by Gasteiger charge is -2.30. The normalized spacial score (nSPS) is 13.9. The molecular formula is C17H23BrO3. The van der Waals surface area contributed by atoms with Gasteiger partial charge >= 0.3 is 0 Å². The van der Waals surface area contributed by atoms with Crippen molar-refractivity contribution in [1.82, 2.24) is 0 Å². The molecule has 0 saturated heterocycles. The fourth-order valence-corrected chi connectivity index (χ4v) is 3.57. The first-order chi connectivity index (χ1) is 10.1. The summed E-state index contributed by atoms with van der Waals surface area (Å²) in [5.74, 6) is 1.04. The minimum Gasteiger partial charge on any atom is -0.493 e. The Morgan fingerprint density at radius 2 is 2.05 bits per heavy atom. The van der Waals surface area contributed by atoms with Crippen LogP contribution < -0.4 is 4.74 Å². The predicted octanol–water partition coefficient (Wildman–Crippen LogP) is 4.09. The van der Waals surface area contributed by atoms with Crippen molar-refractivity contribution in [2.75, 3.05) is 13.2 Å². The summed E-state index contributed by atoms with van der Waals surface area (Å²) < 4.78 is 12.5. The number of hydrogen-bond donors (Lipinski definition) is 0. The predicted molar refractivity (Wildman–Crippen MR) is 87.0 cm³/mol.